The van der Waals surface area contributed by atoms with Crippen molar-refractivity contribution in [1.82, 2.24) is 0 Å². The molecule has 86 valence electrons. The van der Waals surface area contributed by atoms with E-state index >= 15 is 0 Å². The summed E-state index contributed by atoms with van der Waals surface area (Å²) in [5.41, 5.74) is 0.797. The Hall–Kier alpha value is -1.38. The Morgan fingerprint density at radius 1 is 1.50 bits per heavy atom. The van der Waals surface area contributed by atoms with Gasteiger partial charge in [-0.25, -0.2) is 4.39 Å². The van der Waals surface area contributed by atoms with E-state index in [1.54, 1.807) is 0 Å². The molecule has 16 heavy (non-hydrogen) atoms. The summed E-state index contributed by atoms with van der Waals surface area (Å²) in [6.45, 7) is 4.13. The van der Waals surface area contributed by atoms with Gasteiger partial charge in [0.1, 0.15) is 11.6 Å². The maximum Gasteiger partial charge on any atom is 0.314 e. The summed E-state index contributed by atoms with van der Waals surface area (Å²) >= 11 is 0. The van der Waals surface area contributed by atoms with Crippen LogP contribution in [0, 0.1) is 17.7 Å². The Bertz CT molecular complexity index is 412. The van der Waals surface area contributed by atoms with Crippen LogP contribution in [0.3, 0.4) is 0 Å². The lowest BCUT2D eigenvalue weighted by Crippen LogP contribution is -2.28. The van der Waals surface area contributed by atoms with Crippen LogP contribution in [-0.2, 0) is 11.2 Å². The average Bonchev–Trinajstić information content (AvgIpc) is 2.19. The predicted molar refractivity (Wildman–Crippen MR) is 58.7 cm³/mol. The van der Waals surface area contributed by atoms with Crippen molar-refractivity contribution < 1.29 is 13.9 Å². The molecule has 3 heteroatoms. The van der Waals surface area contributed by atoms with Crippen LogP contribution in [0.5, 0.6) is 5.75 Å². The highest BCUT2D eigenvalue weighted by atomic mass is 19.1. The van der Waals surface area contributed by atoms with E-state index in [9.17, 15) is 9.18 Å². The lowest BCUT2D eigenvalue weighted by Gasteiger charge is -2.24. The predicted octanol–water partition coefficient (Wildman–Crippen LogP) is 2.95. The quantitative estimate of drug-likeness (QED) is 0.568. The summed E-state index contributed by atoms with van der Waals surface area (Å²) in [5.74, 6) is 0.348. The van der Waals surface area contributed by atoms with Gasteiger partial charge >= 0.3 is 5.97 Å². The third-order valence-electron chi connectivity index (χ3n) is 2.79. The van der Waals surface area contributed by atoms with Crippen LogP contribution < -0.4 is 4.74 Å². The molecule has 1 aliphatic rings. The van der Waals surface area contributed by atoms with E-state index in [-0.39, 0.29) is 17.7 Å². The highest BCUT2D eigenvalue weighted by Gasteiger charge is 2.28. The molecular formula is C13H15FO2. The minimum Gasteiger partial charge on any atom is -0.426 e. The highest BCUT2D eigenvalue weighted by Crippen LogP contribution is 2.31. The highest BCUT2D eigenvalue weighted by molar-refractivity contribution is 5.78. The topological polar surface area (TPSA) is 26.3 Å². The van der Waals surface area contributed by atoms with Gasteiger partial charge in [0.05, 0.1) is 5.92 Å². The minimum atomic E-state index is -0.278. The second-order valence-electron chi connectivity index (χ2n) is 4.70. The Morgan fingerprint density at radius 3 is 2.94 bits per heavy atom. The summed E-state index contributed by atoms with van der Waals surface area (Å²) < 4.78 is 18.2. The van der Waals surface area contributed by atoms with E-state index in [0.717, 1.165) is 12.0 Å². The van der Waals surface area contributed by atoms with Gasteiger partial charge in [-0.1, -0.05) is 13.8 Å². The van der Waals surface area contributed by atoms with Crippen molar-refractivity contribution in [2.45, 2.75) is 26.7 Å². The molecule has 0 spiro atoms. The van der Waals surface area contributed by atoms with E-state index in [4.69, 9.17) is 4.74 Å². The van der Waals surface area contributed by atoms with Gasteiger partial charge in [-0.05, 0) is 42.5 Å². The van der Waals surface area contributed by atoms with Crippen molar-refractivity contribution >= 4 is 5.97 Å². The zero-order valence-corrected chi connectivity index (χ0v) is 9.50. The summed E-state index contributed by atoms with van der Waals surface area (Å²) in [7, 11) is 0. The number of hydrogen-bond donors (Lipinski definition) is 0. The second kappa shape index (κ2) is 4.24. The molecule has 1 atom stereocenters. The molecule has 2 nitrogen and oxygen atoms in total. The molecule has 0 unspecified atom stereocenters. The van der Waals surface area contributed by atoms with Gasteiger partial charge in [0.25, 0.3) is 0 Å². The second-order valence-corrected chi connectivity index (χ2v) is 4.70. The minimum absolute atomic E-state index is 0.130. The molecule has 1 aromatic carbocycles. The molecule has 0 aliphatic carbocycles. The molecule has 0 bridgehead atoms. The van der Waals surface area contributed by atoms with Gasteiger partial charge in [-0.2, -0.15) is 0 Å². The third kappa shape index (κ3) is 2.23. The summed E-state index contributed by atoms with van der Waals surface area (Å²) in [4.78, 5) is 11.7. The van der Waals surface area contributed by atoms with Crippen molar-refractivity contribution in [3.8, 4) is 5.75 Å². The number of carbonyl (C=O) groups excluding carboxylic acids is 1. The summed E-state index contributed by atoms with van der Waals surface area (Å²) in [6, 6.07) is 4.29. The van der Waals surface area contributed by atoms with Crippen molar-refractivity contribution in [3.63, 3.8) is 0 Å². The number of carbonyl (C=O) groups is 1. The molecule has 0 amide bonds. The first-order valence-electron chi connectivity index (χ1n) is 5.56. The molecule has 0 aromatic heterocycles. The van der Waals surface area contributed by atoms with Crippen LogP contribution in [0.2, 0.25) is 0 Å². The number of fused-ring (bicyclic) bond motifs is 1. The Kier molecular flexibility index (Phi) is 2.95. The van der Waals surface area contributed by atoms with Crippen LogP contribution in [0.1, 0.15) is 25.8 Å². The number of esters is 1. The van der Waals surface area contributed by atoms with Crippen LogP contribution in [0.25, 0.3) is 0 Å². The molecule has 0 radical (unpaired) electrons. The van der Waals surface area contributed by atoms with Crippen LogP contribution >= 0.6 is 0 Å². The zero-order valence-electron chi connectivity index (χ0n) is 9.50. The maximum atomic E-state index is 13.0. The maximum absolute atomic E-state index is 13.0. The molecule has 1 aliphatic heterocycles. The Morgan fingerprint density at radius 2 is 2.25 bits per heavy atom. The molecule has 0 saturated heterocycles. The fourth-order valence-electron chi connectivity index (χ4n) is 2.10. The van der Waals surface area contributed by atoms with Gasteiger partial charge in [0, 0.05) is 0 Å². The lowest BCUT2D eigenvalue weighted by molar-refractivity contribution is -0.140. The van der Waals surface area contributed by atoms with Crippen molar-refractivity contribution in [2.75, 3.05) is 0 Å². The van der Waals surface area contributed by atoms with Crippen LogP contribution in [0.4, 0.5) is 4.39 Å². The van der Waals surface area contributed by atoms with Crippen molar-refractivity contribution in [2.24, 2.45) is 11.8 Å². The normalized spacial score (nSPS) is 19.5. The molecule has 0 N–H and O–H groups in total. The monoisotopic (exact) mass is 222 g/mol. The third-order valence-corrected chi connectivity index (χ3v) is 2.79. The smallest absolute Gasteiger partial charge is 0.314 e. The number of halogens is 1. The van der Waals surface area contributed by atoms with Crippen molar-refractivity contribution in [1.29, 1.82) is 0 Å². The molecule has 0 fully saturated rings. The molecule has 1 aromatic rings. The SMILES string of the molecule is CC(C)C[C@H]1Cc2cc(F)ccc2OC1=O. The first kappa shape index (κ1) is 11.1. The van der Waals surface area contributed by atoms with Gasteiger partial charge in [0.15, 0.2) is 0 Å². The van der Waals surface area contributed by atoms with Crippen LogP contribution in [-0.4, -0.2) is 5.97 Å². The van der Waals surface area contributed by atoms with Gasteiger partial charge in [0.2, 0.25) is 0 Å². The zero-order chi connectivity index (χ0) is 11.7. The van der Waals surface area contributed by atoms with E-state index in [1.165, 1.54) is 18.2 Å². The average molecular weight is 222 g/mol. The molecule has 2 rings (SSSR count). The fraction of sp³-hybridized carbons (Fsp3) is 0.462. The Labute approximate surface area is 94.4 Å². The van der Waals surface area contributed by atoms with Gasteiger partial charge < -0.3 is 4.74 Å². The number of hydrogen-bond acceptors (Lipinski definition) is 2. The Balaban J connectivity index is 2.22. The van der Waals surface area contributed by atoms with Gasteiger partial charge in [-0.15, -0.1) is 0 Å². The molecule has 0 saturated carbocycles. The van der Waals surface area contributed by atoms with E-state index in [1.807, 2.05) is 0 Å². The number of rotatable bonds is 2. The van der Waals surface area contributed by atoms with Crippen LogP contribution in [0.15, 0.2) is 18.2 Å². The van der Waals surface area contributed by atoms with Gasteiger partial charge in [-0.3, -0.25) is 4.79 Å². The van der Waals surface area contributed by atoms with E-state index < -0.39 is 0 Å². The summed E-state index contributed by atoms with van der Waals surface area (Å²) in [5, 5.41) is 0. The standard InChI is InChI=1S/C13H15FO2/c1-8(2)5-10-6-9-7-11(14)3-4-12(9)16-13(10)15/h3-4,7-8,10H,5-6H2,1-2H3/t10-/m0/s1. The largest absolute Gasteiger partial charge is 0.426 e. The van der Waals surface area contributed by atoms with E-state index in [2.05, 4.69) is 13.8 Å². The first-order valence-corrected chi connectivity index (χ1v) is 5.56. The summed E-state index contributed by atoms with van der Waals surface area (Å²) in [6.07, 6.45) is 1.37. The van der Waals surface area contributed by atoms with Crippen molar-refractivity contribution in [3.05, 3.63) is 29.6 Å². The fourth-order valence-corrected chi connectivity index (χ4v) is 2.10. The number of benzene rings is 1. The molecule has 1 heterocycles. The molecular weight excluding hydrogens is 207 g/mol. The first-order chi connectivity index (χ1) is 7.56. The lowest BCUT2D eigenvalue weighted by atomic mass is 9.89. The number of ether oxygens (including phenoxy) is 1. The van der Waals surface area contributed by atoms with E-state index in [0.29, 0.717) is 18.1 Å².